The molecule has 1 aliphatic carbocycles. The molecule has 1 aliphatic heterocycles. The first kappa shape index (κ1) is 15.9. The highest BCUT2D eigenvalue weighted by molar-refractivity contribution is 7.92. The largest absolute Gasteiger partial charge is 0.348 e. The van der Waals surface area contributed by atoms with Gasteiger partial charge in [-0.25, -0.2) is 17.6 Å². The Bertz CT molecular complexity index is 739. The van der Waals surface area contributed by atoms with Crippen LogP contribution in [-0.4, -0.2) is 48.1 Å². The molecule has 0 radical (unpaired) electrons. The minimum absolute atomic E-state index is 0.00553. The maximum Gasteiger partial charge on any atom is 0.348 e. The Kier molecular flexibility index (Phi) is 3.85. The van der Waals surface area contributed by atoms with Crippen molar-refractivity contribution in [1.82, 2.24) is 10.4 Å². The summed E-state index contributed by atoms with van der Waals surface area (Å²) in [4.78, 5) is 23.6. The van der Waals surface area contributed by atoms with E-state index in [1.54, 1.807) is 18.2 Å². The Morgan fingerprint density at radius 2 is 1.83 bits per heavy atom. The van der Waals surface area contributed by atoms with Crippen molar-refractivity contribution in [1.29, 1.82) is 0 Å². The van der Waals surface area contributed by atoms with E-state index in [1.165, 1.54) is 12.1 Å². The van der Waals surface area contributed by atoms with Gasteiger partial charge >= 0.3 is 6.03 Å². The molecule has 2 N–H and O–H groups in total. The van der Waals surface area contributed by atoms with Gasteiger partial charge in [0.05, 0.1) is 22.1 Å². The number of sulfone groups is 1. The fourth-order valence-electron chi connectivity index (χ4n) is 3.19. The van der Waals surface area contributed by atoms with E-state index in [0.29, 0.717) is 0 Å². The van der Waals surface area contributed by atoms with Crippen molar-refractivity contribution in [2.75, 3.05) is 0 Å². The summed E-state index contributed by atoms with van der Waals surface area (Å²) < 4.78 is 39.6. The number of carbonyl (C=O) groups is 2. The van der Waals surface area contributed by atoms with Crippen LogP contribution in [0, 0.1) is 5.92 Å². The fourth-order valence-corrected chi connectivity index (χ4v) is 5.18. The van der Waals surface area contributed by atoms with Crippen molar-refractivity contribution in [2.24, 2.45) is 5.92 Å². The summed E-state index contributed by atoms with van der Waals surface area (Å²) in [7, 11) is -3.94. The molecule has 1 heterocycles. The average Bonchev–Trinajstić information content (AvgIpc) is 2.54. The molecular formula is C14H15FN2O5S. The summed E-state index contributed by atoms with van der Waals surface area (Å²) in [6, 6.07) is 5.35. The molecule has 7 nitrogen and oxygen atoms in total. The minimum Gasteiger partial charge on any atom is -0.331 e. The van der Waals surface area contributed by atoms with Crippen LogP contribution < -0.4 is 5.32 Å². The van der Waals surface area contributed by atoms with Crippen LogP contribution in [0.25, 0.3) is 0 Å². The number of hydroxylamine groups is 2. The molecule has 3 amide bonds. The van der Waals surface area contributed by atoms with E-state index >= 15 is 0 Å². The van der Waals surface area contributed by atoms with Crippen molar-refractivity contribution >= 4 is 21.8 Å². The fraction of sp³-hybridized carbons (Fsp3) is 0.429. The quantitative estimate of drug-likeness (QED) is 0.777. The summed E-state index contributed by atoms with van der Waals surface area (Å²) in [5.74, 6) is -2.08. The maximum absolute atomic E-state index is 14.0. The molecule has 1 aromatic carbocycles. The van der Waals surface area contributed by atoms with E-state index in [9.17, 15) is 27.6 Å². The van der Waals surface area contributed by atoms with Gasteiger partial charge in [-0.3, -0.25) is 10.0 Å². The summed E-state index contributed by atoms with van der Waals surface area (Å²) in [5.41, 5.74) is 0. The van der Waals surface area contributed by atoms with Crippen molar-refractivity contribution in [3.63, 3.8) is 0 Å². The minimum atomic E-state index is -3.94. The number of carbonyl (C=O) groups excluding carboxylic acids is 2. The van der Waals surface area contributed by atoms with Crippen LogP contribution in [0.5, 0.6) is 0 Å². The first-order valence-corrected chi connectivity index (χ1v) is 8.63. The van der Waals surface area contributed by atoms with Crippen LogP contribution in [0.1, 0.15) is 12.8 Å². The Balaban J connectivity index is 2.01. The van der Waals surface area contributed by atoms with E-state index in [1.807, 2.05) is 0 Å². The molecular weight excluding hydrogens is 327 g/mol. The number of fused-ring (bicyclic) bond motifs is 1. The van der Waals surface area contributed by atoms with E-state index in [2.05, 4.69) is 5.32 Å². The van der Waals surface area contributed by atoms with Crippen LogP contribution in [0.4, 0.5) is 9.18 Å². The van der Waals surface area contributed by atoms with E-state index < -0.39 is 45.2 Å². The molecule has 1 saturated heterocycles. The summed E-state index contributed by atoms with van der Waals surface area (Å²) in [6.45, 7) is 0. The molecule has 1 aromatic rings. The van der Waals surface area contributed by atoms with Crippen molar-refractivity contribution in [3.8, 4) is 0 Å². The molecule has 4 unspecified atom stereocenters. The van der Waals surface area contributed by atoms with Crippen LogP contribution >= 0.6 is 0 Å². The van der Waals surface area contributed by atoms with Crippen molar-refractivity contribution in [3.05, 3.63) is 30.3 Å². The highest BCUT2D eigenvalue weighted by Gasteiger charge is 2.52. The Morgan fingerprint density at radius 1 is 1.17 bits per heavy atom. The van der Waals surface area contributed by atoms with E-state index in [-0.39, 0.29) is 22.8 Å². The lowest BCUT2D eigenvalue weighted by Gasteiger charge is -2.42. The molecule has 9 heteroatoms. The smallest absolute Gasteiger partial charge is 0.331 e. The molecule has 0 spiro atoms. The van der Waals surface area contributed by atoms with Crippen molar-refractivity contribution in [2.45, 2.75) is 35.2 Å². The standard InChI is InChI=1S/C14H15FN2O5S/c15-8-6-10-12(16-14(19)17(20)13(10)18)11(7-8)23(21,22)9-4-2-1-3-5-9/h1-5,8,10-12,20H,6-7H2,(H,16,19). The zero-order valence-corrected chi connectivity index (χ0v) is 12.7. The first-order valence-electron chi connectivity index (χ1n) is 7.08. The number of nitrogens with zero attached hydrogens (tertiary/aromatic N) is 1. The van der Waals surface area contributed by atoms with Gasteiger partial charge in [-0.15, -0.1) is 5.06 Å². The number of amides is 3. The number of halogens is 1. The number of benzene rings is 1. The molecule has 4 atom stereocenters. The lowest BCUT2D eigenvalue weighted by Crippen LogP contribution is -2.66. The summed E-state index contributed by atoms with van der Waals surface area (Å²) in [5, 5.41) is 10.3. The van der Waals surface area contributed by atoms with Gasteiger partial charge in [0.25, 0.3) is 5.91 Å². The van der Waals surface area contributed by atoms with Gasteiger partial charge in [0, 0.05) is 0 Å². The van der Waals surface area contributed by atoms with Gasteiger partial charge in [0.1, 0.15) is 6.17 Å². The topological polar surface area (TPSA) is 104 Å². The Labute approximate surface area is 132 Å². The molecule has 2 aliphatic rings. The third kappa shape index (κ3) is 2.59. The molecule has 124 valence electrons. The SMILES string of the molecule is O=C1NC2C(CC(F)CC2S(=O)(=O)c2ccccc2)C(=O)N1O. The number of nitrogens with one attached hydrogen (secondary N) is 1. The number of rotatable bonds is 2. The number of imide groups is 1. The lowest BCUT2D eigenvalue weighted by molar-refractivity contribution is -0.164. The van der Waals surface area contributed by atoms with Crippen LogP contribution in [-0.2, 0) is 14.6 Å². The van der Waals surface area contributed by atoms with Crippen LogP contribution in [0.2, 0.25) is 0 Å². The third-order valence-electron chi connectivity index (χ3n) is 4.31. The second-order valence-electron chi connectivity index (χ2n) is 5.70. The zero-order chi connectivity index (χ0) is 16.8. The van der Waals surface area contributed by atoms with Gasteiger partial charge in [0.15, 0.2) is 9.84 Å². The lowest BCUT2D eigenvalue weighted by atomic mass is 9.81. The number of urea groups is 1. The van der Waals surface area contributed by atoms with Crippen molar-refractivity contribution < 1.29 is 27.6 Å². The first-order chi connectivity index (χ1) is 10.8. The zero-order valence-electron chi connectivity index (χ0n) is 11.9. The van der Waals surface area contributed by atoms with E-state index in [4.69, 9.17) is 0 Å². The summed E-state index contributed by atoms with van der Waals surface area (Å²) >= 11 is 0. The predicted octanol–water partition coefficient (Wildman–Crippen LogP) is 0.887. The third-order valence-corrected chi connectivity index (χ3v) is 6.52. The second kappa shape index (κ2) is 5.57. The Hall–Kier alpha value is -2.00. The van der Waals surface area contributed by atoms with Crippen LogP contribution in [0.3, 0.4) is 0 Å². The number of alkyl halides is 1. The van der Waals surface area contributed by atoms with Gasteiger partial charge in [-0.05, 0) is 25.0 Å². The van der Waals surface area contributed by atoms with Gasteiger partial charge < -0.3 is 5.32 Å². The monoisotopic (exact) mass is 342 g/mol. The predicted molar refractivity (Wildman–Crippen MR) is 76.0 cm³/mol. The maximum atomic E-state index is 14.0. The molecule has 23 heavy (non-hydrogen) atoms. The van der Waals surface area contributed by atoms with Gasteiger partial charge in [-0.2, -0.15) is 0 Å². The summed E-state index contributed by atoms with van der Waals surface area (Å²) in [6.07, 6.45) is -2.05. The van der Waals surface area contributed by atoms with E-state index in [0.717, 1.165) is 0 Å². The van der Waals surface area contributed by atoms with Gasteiger partial charge in [0.2, 0.25) is 0 Å². The highest BCUT2D eigenvalue weighted by atomic mass is 32.2. The van der Waals surface area contributed by atoms with Gasteiger partial charge in [-0.1, -0.05) is 18.2 Å². The molecule has 0 aromatic heterocycles. The Morgan fingerprint density at radius 3 is 2.48 bits per heavy atom. The number of hydrogen-bond acceptors (Lipinski definition) is 5. The molecule has 1 saturated carbocycles. The molecule has 3 rings (SSSR count). The molecule has 0 bridgehead atoms. The second-order valence-corrected chi connectivity index (χ2v) is 7.86. The van der Waals surface area contributed by atoms with Crippen LogP contribution in [0.15, 0.2) is 35.2 Å². The highest BCUT2D eigenvalue weighted by Crippen LogP contribution is 2.36. The number of hydrogen-bond donors (Lipinski definition) is 2. The average molecular weight is 342 g/mol. The molecule has 2 fully saturated rings. The normalized spacial score (nSPS) is 31.5.